The SMILES string of the molecule is NC(=S)N/N=C/[C@@H]1CNCCN1. The van der Waals surface area contributed by atoms with Crippen LogP contribution in [-0.2, 0) is 0 Å². The second-order valence-electron chi connectivity index (χ2n) is 2.52. The first kappa shape index (κ1) is 9.37. The van der Waals surface area contributed by atoms with Crippen molar-refractivity contribution in [3.63, 3.8) is 0 Å². The molecule has 0 spiro atoms. The van der Waals surface area contributed by atoms with Crippen LogP contribution >= 0.6 is 12.2 Å². The van der Waals surface area contributed by atoms with Crippen LogP contribution in [0.15, 0.2) is 5.10 Å². The maximum Gasteiger partial charge on any atom is 0.184 e. The molecule has 0 aromatic rings. The van der Waals surface area contributed by atoms with Crippen LogP contribution in [0.1, 0.15) is 0 Å². The van der Waals surface area contributed by atoms with Gasteiger partial charge in [0, 0.05) is 25.8 Å². The van der Waals surface area contributed by atoms with Crippen LogP contribution in [0, 0.1) is 0 Å². The van der Waals surface area contributed by atoms with E-state index in [1.807, 2.05) is 0 Å². The van der Waals surface area contributed by atoms with E-state index in [0.717, 1.165) is 19.6 Å². The number of thiocarbonyl (C=S) groups is 1. The molecule has 1 rings (SSSR count). The number of nitrogens with zero attached hydrogens (tertiary/aromatic N) is 1. The smallest absolute Gasteiger partial charge is 0.184 e. The molecule has 1 fully saturated rings. The Kier molecular flexibility index (Phi) is 3.92. The molecule has 5 nitrogen and oxygen atoms in total. The molecule has 1 aliphatic heterocycles. The van der Waals surface area contributed by atoms with Crippen molar-refractivity contribution >= 4 is 23.5 Å². The third kappa shape index (κ3) is 3.61. The average Bonchev–Trinajstić information content (AvgIpc) is 2.05. The van der Waals surface area contributed by atoms with Crippen molar-refractivity contribution in [2.24, 2.45) is 10.8 Å². The van der Waals surface area contributed by atoms with E-state index >= 15 is 0 Å². The Morgan fingerprint density at radius 1 is 1.67 bits per heavy atom. The molecule has 0 aliphatic carbocycles. The van der Waals surface area contributed by atoms with E-state index < -0.39 is 0 Å². The molecule has 1 heterocycles. The van der Waals surface area contributed by atoms with Crippen molar-refractivity contribution in [3.8, 4) is 0 Å². The largest absolute Gasteiger partial charge is 0.375 e. The predicted molar refractivity (Wildman–Crippen MR) is 53.1 cm³/mol. The minimum absolute atomic E-state index is 0.190. The molecule has 0 aromatic heterocycles. The number of hydrazone groups is 1. The zero-order chi connectivity index (χ0) is 8.81. The van der Waals surface area contributed by atoms with E-state index in [0.29, 0.717) is 0 Å². The summed E-state index contributed by atoms with van der Waals surface area (Å²) in [5, 5.41) is 10.5. The molecular formula is C6H13N5S. The summed E-state index contributed by atoms with van der Waals surface area (Å²) < 4.78 is 0. The van der Waals surface area contributed by atoms with Gasteiger partial charge in [0.15, 0.2) is 5.11 Å². The van der Waals surface area contributed by atoms with Gasteiger partial charge in [-0.1, -0.05) is 0 Å². The van der Waals surface area contributed by atoms with Crippen LogP contribution in [0.5, 0.6) is 0 Å². The lowest BCUT2D eigenvalue weighted by Crippen LogP contribution is -2.49. The zero-order valence-corrected chi connectivity index (χ0v) is 7.53. The first-order chi connectivity index (χ1) is 5.79. The molecule has 68 valence electrons. The molecule has 0 radical (unpaired) electrons. The summed E-state index contributed by atoms with van der Waals surface area (Å²) in [4.78, 5) is 0. The van der Waals surface area contributed by atoms with Crippen LogP contribution < -0.4 is 21.8 Å². The normalized spacial score (nSPS) is 24.2. The van der Waals surface area contributed by atoms with Crippen LogP contribution in [-0.4, -0.2) is 37.0 Å². The summed E-state index contributed by atoms with van der Waals surface area (Å²) in [5.74, 6) is 0. The van der Waals surface area contributed by atoms with Crippen molar-refractivity contribution in [1.29, 1.82) is 0 Å². The summed E-state index contributed by atoms with van der Waals surface area (Å²) in [6.07, 6.45) is 1.76. The summed E-state index contributed by atoms with van der Waals surface area (Å²) in [5.41, 5.74) is 7.68. The van der Waals surface area contributed by atoms with Crippen LogP contribution in [0.4, 0.5) is 0 Å². The van der Waals surface area contributed by atoms with E-state index in [2.05, 4.69) is 33.4 Å². The molecule has 1 atom stereocenters. The fourth-order valence-electron chi connectivity index (χ4n) is 0.972. The summed E-state index contributed by atoms with van der Waals surface area (Å²) in [6.45, 7) is 2.86. The maximum absolute atomic E-state index is 5.18. The van der Waals surface area contributed by atoms with Crippen LogP contribution in [0.2, 0.25) is 0 Å². The highest BCUT2D eigenvalue weighted by atomic mass is 32.1. The molecular weight excluding hydrogens is 174 g/mol. The van der Waals surface area contributed by atoms with Crippen LogP contribution in [0.3, 0.4) is 0 Å². The fraction of sp³-hybridized carbons (Fsp3) is 0.667. The third-order valence-corrected chi connectivity index (χ3v) is 1.59. The number of piperazine rings is 1. The van der Waals surface area contributed by atoms with Crippen molar-refractivity contribution in [2.45, 2.75) is 6.04 Å². The van der Waals surface area contributed by atoms with Gasteiger partial charge in [-0.3, -0.25) is 5.43 Å². The topological polar surface area (TPSA) is 74.5 Å². The van der Waals surface area contributed by atoms with Gasteiger partial charge in [-0.05, 0) is 12.2 Å². The Morgan fingerprint density at radius 2 is 2.50 bits per heavy atom. The number of nitrogens with two attached hydrogens (primary N) is 1. The fourth-order valence-corrected chi connectivity index (χ4v) is 1.02. The molecule has 0 aromatic carbocycles. The minimum atomic E-state index is 0.190. The highest BCUT2D eigenvalue weighted by molar-refractivity contribution is 7.80. The molecule has 1 saturated heterocycles. The zero-order valence-electron chi connectivity index (χ0n) is 6.71. The Hall–Kier alpha value is -0.720. The van der Waals surface area contributed by atoms with E-state index in [-0.39, 0.29) is 11.2 Å². The van der Waals surface area contributed by atoms with E-state index in [1.165, 1.54) is 0 Å². The Morgan fingerprint density at radius 3 is 3.08 bits per heavy atom. The quantitative estimate of drug-likeness (QED) is 0.237. The number of rotatable bonds is 2. The van der Waals surface area contributed by atoms with Gasteiger partial charge in [0.2, 0.25) is 0 Å². The van der Waals surface area contributed by atoms with Crippen molar-refractivity contribution < 1.29 is 0 Å². The van der Waals surface area contributed by atoms with E-state index in [4.69, 9.17) is 5.73 Å². The molecule has 0 amide bonds. The van der Waals surface area contributed by atoms with Crippen molar-refractivity contribution in [1.82, 2.24) is 16.1 Å². The van der Waals surface area contributed by atoms with Gasteiger partial charge < -0.3 is 16.4 Å². The Bertz CT molecular complexity index is 175. The van der Waals surface area contributed by atoms with Gasteiger partial charge in [-0.25, -0.2) is 0 Å². The molecule has 5 N–H and O–H groups in total. The lowest BCUT2D eigenvalue weighted by Gasteiger charge is -2.20. The van der Waals surface area contributed by atoms with Crippen molar-refractivity contribution in [3.05, 3.63) is 0 Å². The maximum atomic E-state index is 5.18. The highest BCUT2D eigenvalue weighted by Gasteiger charge is 2.07. The van der Waals surface area contributed by atoms with Gasteiger partial charge in [0.05, 0.1) is 6.04 Å². The Labute approximate surface area is 76.8 Å². The lowest BCUT2D eigenvalue weighted by molar-refractivity contribution is 0.491. The lowest BCUT2D eigenvalue weighted by atomic mass is 10.2. The number of nitrogens with one attached hydrogen (secondary N) is 3. The number of hydrogen-bond donors (Lipinski definition) is 4. The van der Waals surface area contributed by atoms with E-state index in [9.17, 15) is 0 Å². The van der Waals surface area contributed by atoms with Gasteiger partial charge in [0.25, 0.3) is 0 Å². The average molecular weight is 187 g/mol. The van der Waals surface area contributed by atoms with Gasteiger partial charge in [0.1, 0.15) is 0 Å². The first-order valence-electron chi connectivity index (χ1n) is 3.82. The van der Waals surface area contributed by atoms with E-state index in [1.54, 1.807) is 6.21 Å². The van der Waals surface area contributed by atoms with Crippen LogP contribution in [0.25, 0.3) is 0 Å². The molecule has 1 aliphatic rings. The molecule has 6 heteroatoms. The van der Waals surface area contributed by atoms with Gasteiger partial charge in [-0.15, -0.1) is 0 Å². The molecule has 12 heavy (non-hydrogen) atoms. The standard InChI is InChI=1S/C6H13N5S/c7-6(12)11-10-4-5-3-8-1-2-9-5/h4-5,8-9H,1-3H2,(H3,7,11,12)/b10-4+/t5-/m0/s1. The molecule has 0 unspecified atom stereocenters. The second kappa shape index (κ2) is 5.02. The highest BCUT2D eigenvalue weighted by Crippen LogP contribution is 1.81. The first-order valence-corrected chi connectivity index (χ1v) is 4.22. The minimum Gasteiger partial charge on any atom is -0.375 e. The number of hydrogen-bond acceptors (Lipinski definition) is 4. The monoisotopic (exact) mass is 187 g/mol. The summed E-state index contributed by atoms with van der Waals surface area (Å²) >= 11 is 4.58. The Balaban J connectivity index is 2.19. The predicted octanol–water partition coefficient (Wildman–Crippen LogP) is -1.63. The third-order valence-electron chi connectivity index (χ3n) is 1.50. The molecule has 0 saturated carbocycles. The van der Waals surface area contributed by atoms with Gasteiger partial charge in [-0.2, -0.15) is 5.10 Å². The van der Waals surface area contributed by atoms with Crippen molar-refractivity contribution in [2.75, 3.05) is 19.6 Å². The summed E-state index contributed by atoms with van der Waals surface area (Å²) in [7, 11) is 0. The second-order valence-corrected chi connectivity index (χ2v) is 2.96. The summed E-state index contributed by atoms with van der Waals surface area (Å²) in [6, 6.07) is 0.264. The molecule has 0 bridgehead atoms. The van der Waals surface area contributed by atoms with Gasteiger partial charge >= 0.3 is 0 Å².